The molecule has 76 heavy (non-hydrogen) atoms. The number of anilines is 4. The summed E-state index contributed by atoms with van der Waals surface area (Å²) in [5, 5.41) is 7.89. The number of hydrogen-bond donors (Lipinski definition) is 2. The maximum Gasteiger partial charge on any atom is 0.0746 e. The van der Waals surface area contributed by atoms with Gasteiger partial charge in [0, 0.05) is 33.9 Å². The van der Waals surface area contributed by atoms with Crippen molar-refractivity contribution in [2.24, 2.45) is 0 Å². The Hall–Kier alpha value is -9.76. The van der Waals surface area contributed by atoms with E-state index in [0.717, 1.165) is 22.7 Å². The molecule has 354 valence electrons. The molecule has 0 radical (unpaired) electrons. The number of nitrogens with one attached hydrogen (secondary N) is 2. The Morgan fingerprint density at radius 1 is 0.211 bits per heavy atom. The summed E-state index contributed by atoms with van der Waals surface area (Å²) < 4.78 is 0. The average molecular weight is 965 g/mol. The molecule has 0 unspecified atom stereocenters. The van der Waals surface area contributed by atoms with Gasteiger partial charge in [-0.05, 0) is 154 Å². The lowest BCUT2D eigenvalue weighted by molar-refractivity contribution is 0.794. The zero-order chi connectivity index (χ0) is 50.0. The number of benzene rings is 12. The Labute approximate surface area is 443 Å². The minimum absolute atomic E-state index is 0.381. The van der Waals surface area contributed by atoms with Gasteiger partial charge in [0.05, 0.1) is 10.8 Å². The molecule has 12 aromatic carbocycles. The maximum atomic E-state index is 3.97. The van der Waals surface area contributed by atoms with E-state index in [4.69, 9.17) is 0 Å². The van der Waals surface area contributed by atoms with E-state index in [1.54, 1.807) is 0 Å². The third kappa shape index (κ3) is 5.87. The molecule has 0 amide bonds. The van der Waals surface area contributed by atoms with Crippen LogP contribution in [0.3, 0.4) is 0 Å². The van der Waals surface area contributed by atoms with Gasteiger partial charge in [0.1, 0.15) is 0 Å². The van der Waals surface area contributed by atoms with E-state index in [-0.39, 0.29) is 5.41 Å². The molecule has 0 heterocycles. The molecule has 0 atom stereocenters. The Balaban J connectivity index is 0.781. The second-order valence-electron chi connectivity index (χ2n) is 20.8. The lowest BCUT2D eigenvalue weighted by Crippen LogP contribution is -2.26. The molecule has 4 aliphatic carbocycles. The summed E-state index contributed by atoms with van der Waals surface area (Å²) >= 11 is 0. The molecule has 0 bridgehead atoms. The molecule has 12 aromatic rings. The summed E-state index contributed by atoms with van der Waals surface area (Å²) in [7, 11) is 0. The predicted molar refractivity (Wildman–Crippen MR) is 315 cm³/mol. The van der Waals surface area contributed by atoms with Crippen molar-refractivity contribution in [2.75, 3.05) is 10.6 Å². The van der Waals surface area contributed by atoms with E-state index >= 15 is 0 Å². The molecule has 0 aliphatic heterocycles. The standard InChI is InChI=1S/C74H48N2/c1-2-18-47(19-3-1)48-38-42-53(43-39-48)76-69-37-16-28-60-70-54(27-15-34-66(70)74(72(60)69)63-31-11-6-24-57(63)58-25-7-12-32-64(58)74)51-21-14-20-50(46-51)49-40-44-52(45-41-49)75-68-36-17-35-67-71(68)59-26-8-13-33-65(59)73(67)61-29-9-4-22-55(61)56-23-5-10-30-62(56)73/h1-46,75-76H. The second-order valence-corrected chi connectivity index (χ2v) is 20.8. The highest BCUT2D eigenvalue weighted by Crippen LogP contribution is 2.67. The van der Waals surface area contributed by atoms with Crippen LogP contribution in [0.1, 0.15) is 44.5 Å². The van der Waals surface area contributed by atoms with Crippen LogP contribution in [-0.4, -0.2) is 0 Å². The lowest BCUT2D eigenvalue weighted by Gasteiger charge is -2.32. The minimum Gasteiger partial charge on any atom is -0.355 e. The van der Waals surface area contributed by atoms with Crippen LogP contribution >= 0.6 is 0 Å². The van der Waals surface area contributed by atoms with Crippen LogP contribution in [0.2, 0.25) is 0 Å². The summed E-state index contributed by atoms with van der Waals surface area (Å²) in [5.74, 6) is 0. The lowest BCUT2D eigenvalue weighted by atomic mass is 9.70. The first kappa shape index (κ1) is 42.7. The predicted octanol–water partition coefficient (Wildman–Crippen LogP) is 18.9. The highest BCUT2D eigenvalue weighted by atomic mass is 14.9. The van der Waals surface area contributed by atoms with Gasteiger partial charge >= 0.3 is 0 Å². The Kier molecular flexibility index (Phi) is 9.20. The first-order chi connectivity index (χ1) is 37.7. The minimum atomic E-state index is -0.532. The van der Waals surface area contributed by atoms with Crippen LogP contribution in [0.25, 0.3) is 77.9 Å². The Bertz CT molecular complexity index is 4240. The molecule has 2 spiro atoms. The van der Waals surface area contributed by atoms with Crippen LogP contribution in [0, 0.1) is 0 Å². The molecule has 2 nitrogen and oxygen atoms in total. The van der Waals surface area contributed by atoms with Crippen LogP contribution < -0.4 is 10.6 Å². The fourth-order valence-corrected chi connectivity index (χ4v) is 14.1. The highest BCUT2D eigenvalue weighted by Gasteiger charge is 2.54. The third-order valence-electron chi connectivity index (χ3n) is 17.1. The van der Waals surface area contributed by atoms with Gasteiger partial charge in [-0.1, -0.05) is 237 Å². The molecule has 0 aromatic heterocycles. The van der Waals surface area contributed by atoms with Crippen LogP contribution in [0.5, 0.6) is 0 Å². The van der Waals surface area contributed by atoms with Crippen molar-refractivity contribution in [3.63, 3.8) is 0 Å². The second kappa shape index (κ2) is 16.4. The fraction of sp³-hybridized carbons (Fsp3) is 0.0270. The van der Waals surface area contributed by atoms with E-state index in [9.17, 15) is 0 Å². The summed E-state index contributed by atoms with van der Waals surface area (Å²) in [6.45, 7) is 0. The van der Waals surface area contributed by atoms with Crippen LogP contribution in [0.15, 0.2) is 279 Å². The monoisotopic (exact) mass is 964 g/mol. The van der Waals surface area contributed by atoms with Crippen molar-refractivity contribution in [3.8, 4) is 77.9 Å². The zero-order valence-corrected chi connectivity index (χ0v) is 41.6. The van der Waals surface area contributed by atoms with E-state index in [2.05, 4.69) is 290 Å². The van der Waals surface area contributed by atoms with Crippen molar-refractivity contribution in [1.29, 1.82) is 0 Å². The van der Waals surface area contributed by atoms with Crippen molar-refractivity contribution >= 4 is 22.7 Å². The zero-order valence-electron chi connectivity index (χ0n) is 41.6. The van der Waals surface area contributed by atoms with E-state index in [0.29, 0.717) is 0 Å². The summed E-state index contributed by atoms with van der Waals surface area (Å²) in [6, 6.07) is 103. The number of hydrogen-bond acceptors (Lipinski definition) is 2. The maximum absolute atomic E-state index is 3.97. The van der Waals surface area contributed by atoms with Gasteiger partial charge in [0.15, 0.2) is 0 Å². The molecule has 0 fully saturated rings. The molecule has 2 N–H and O–H groups in total. The van der Waals surface area contributed by atoms with Crippen LogP contribution in [-0.2, 0) is 10.8 Å². The van der Waals surface area contributed by atoms with E-state index in [1.165, 1.54) is 122 Å². The van der Waals surface area contributed by atoms with Gasteiger partial charge in [0.2, 0.25) is 0 Å². The highest BCUT2D eigenvalue weighted by molar-refractivity contribution is 6.03. The van der Waals surface area contributed by atoms with Crippen molar-refractivity contribution in [2.45, 2.75) is 10.8 Å². The average Bonchev–Trinajstić information content (AvgIpc) is 4.28. The number of rotatable bonds is 7. The van der Waals surface area contributed by atoms with E-state index in [1.807, 2.05) is 0 Å². The molecule has 16 rings (SSSR count). The van der Waals surface area contributed by atoms with Gasteiger partial charge in [0.25, 0.3) is 0 Å². The third-order valence-corrected chi connectivity index (χ3v) is 17.1. The van der Waals surface area contributed by atoms with Crippen LogP contribution in [0.4, 0.5) is 22.7 Å². The Morgan fingerprint density at radius 3 is 1.18 bits per heavy atom. The van der Waals surface area contributed by atoms with Gasteiger partial charge in [-0.3, -0.25) is 0 Å². The SMILES string of the molecule is c1ccc(-c2ccc(Nc3cccc4c3C3(c5ccccc5-c5ccccc53)c3cccc(-c5cccc(-c6ccc(Nc7cccc8c7-c7ccccc7C87c8ccccc8-c8ccccc87)cc6)c5)c3-4)cc2)cc1. The molecule has 0 saturated carbocycles. The summed E-state index contributed by atoms with van der Waals surface area (Å²) in [6.07, 6.45) is 0. The smallest absolute Gasteiger partial charge is 0.0746 e. The molecule has 0 saturated heterocycles. The van der Waals surface area contributed by atoms with E-state index < -0.39 is 5.41 Å². The van der Waals surface area contributed by atoms with Crippen molar-refractivity contribution in [1.82, 2.24) is 0 Å². The first-order valence-corrected chi connectivity index (χ1v) is 26.5. The largest absolute Gasteiger partial charge is 0.355 e. The summed E-state index contributed by atoms with van der Waals surface area (Å²) in [5.41, 5.74) is 31.5. The van der Waals surface area contributed by atoms with Gasteiger partial charge in [-0.2, -0.15) is 0 Å². The molecular weight excluding hydrogens is 917 g/mol. The normalized spacial score (nSPS) is 13.7. The fourth-order valence-electron chi connectivity index (χ4n) is 14.1. The topological polar surface area (TPSA) is 24.1 Å². The quantitative estimate of drug-likeness (QED) is 0.166. The summed E-state index contributed by atoms with van der Waals surface area (Å²) in [4.78, 5) is 0. The number of fused-ring (bicyclic) bond motifs is 20. The first-order valence-electron chi connectivity index (χ1n) is 26.5. The van der Waals surface area contributed by atoms with Crippen molar-refractivity contribution < 1.29 is 0 Å². The molecule has 2 heteroatoms. The van der Waals surface area contributed by atoms with Gasteiger partial charge in [-0.25, -0.2) is 0 Å². The van der Waals surface area contributed by atoms with Gasteiger partial charge in [-0.15, -0.1) is 0 Å². The van der Waals surface area contributed by atoms with Crippen molar-refractivity contribution in [3.05, 3.63) is 324 Å². The molecule has 4 aliphatic rings. The van der Waals surface area contributed by atoms with Gasteiger partial charge < -0.3 is 10.6 Å². The Morgan fingerprint density at radius 2 is 0.579 bits per heavy atom. The molecular formula is C74H48N2.